The Balaban J connectivity index is 2.58. The van der Waals surface area contributed by atoms with Crippen molar-refractivity contribution in [3.63, 3.8) is 0 Å². The maximum Gasteiger partial charge on any atom is 0.335 e. The van der Waals surface area contributed by atoms with E-state index in [2.05, 4.69) is 69.2 Å². The van der Waals surface area contributed by atoms with Crippen LogP contribution in [0.15, 0.2) is 0 Å². The van der Waals surface area contributed by atoms with Gasteiger partial charge in [0, 0.05) is 11.4 Å². The summed E-state index contributed by atoms with van der Waals surface area (Å²) < 4.78 is 27.1. The average molecular weight is 399 g/mol. The summed E-state index contributed by atoms with van der Waals surface area (Å²) in [5, 5.41) is 0. The SMILES string of the molecule is [B][C@@H]1O[C@@H]2CO[Si](C(C)C)(C(C)C)O[Si](C(C)C)(C(C)C)O[C@H]2C1(C)C. The molecule has 0 unspecified atom stereocenters. The minimum absolute atomic E-state index is 0.0970. The molecule has 0 saturated carbocycles. The first-order chi connectivity index (χ1) is 11.8. The first-order valence-corrected chi connectivity index (χ1v) is 14.2. The Morgan fingerprint density at radius 3 is 1.73 bits per heavy atom. The quantitative estimate of drug-likeness (QED) is 0.634. The Labute approximate surface area is 164 Å². The van der Waals surface area contributed by atoms with Crippen LogP contribution in [-0.2, 0) is 17.7 Å². The molecule has 4 nitrogen and oxygen atoms in total. The van der Waals surface area contributed by atoms with Crippen LogP contribution in [0.1, 0.15) is 69.2 Å². The number of rotatable bonds is 4. The van der Waals surface area contributed by atoms with Gasteiger partial charge < -0.3 is 17.7 Å². The molecule has 2 aliphatic rings. The van der Waals surface area contributed by atoms with Crippen molar-refractivity contribution in [2.45, 2.75) is 110 Å². The van der Waals surface area contributed by atoms with E-state index >= 15 is 0 Å². The molecular formula is C19H39BO4Si2. The molecule has 2 radical (unpaired) electrons. The summed E-state index contributed by atoms with van der Waals surface area (Å²) in [6.07, 6.45) is -0.224. The van der Waals surface area contributed by atoms with Crippen LogP contribution in [-0.4, -0.2) is 49.8 Å². The van der Waals surface area contributed by atoms with E-state index in [1.54, 1.807) is 0 Å². The molecule has 0 aromatic carbocycles. The van der Waals surface area contributed by atoms with Crippen molar-refractivity contribution in [2.24, 2.45) is 5.41 Å². The summed E-state index contributed by atoms with van der Waals surface area (Å²) in [7, 11) is 1.25. The molecule has 0 amide bonds. The lowest BCUT2D eigenvalue weighted by Crippen LogP contribution is -2.66. The molecule has 2 fully saturated rings. The highest BCUT2D eigenvalue weighted by molar-refractivity contribution is 6.84. The van der Waals surface area contributed by atoms with E-state index in [0.29, 0.717) is 28.8 Å². The molecule has 0 aromatic heterocycles. The topological polar surface area (TPSA) is 36.9 Å². The van der Waals surface area contributed by atoms with E-state index in [9.17, 15) is 0 Å². The molecule has 0 bridgehead atoms. The van der Waals surface area contributed by atoms with Gasteiger partial charge in [0.1, 0.15) is 14.0 Å². The third-order valence-corrected chi connectivity index (χ3v) is 16.7. The van der Waals surface area contributed by atoms with Gasteiger partial charge >= 0.3 is 17.1 Å². The number of fused-ring (bicyclic) bond motifs is 1. The van der Waals surface area contributed by atoms with Crippen LogP contribution < -0.4 is 0 Å². The molecule has 26 heavy (non-hydrogen) atoms. The summed E-state index contributed by atoms with van der Waals surface area (Å²) in [6.45, 7) is 22.7. The largest absolute Gasteiger partial charge is 0.414 e. The zero-order valence-electron chi connectivity index (χ0n) is 18.5. The molecule has 0 aliphatic carbocycles. The lowest BCUT2D eigenvalue weighted by atomic mass is 9.73. The second-order valence-electron chi connectivity index (χ2n) is 9.93. The number of ether oxygens (including phenoxy) is 1. The summed E-state index contributed by atoms with van der Waals surface area (Å²) >= 11 is 0. The maximum absolute atomic E-state index is 7.19. The second kappa shape index (κ2) is 7.64. The van der Waals surface area contributed by atoms with Crippen molar-refractivity contribution in [3.05, 3.63) is 0 Å². The molecule has 0 spiro atoms. The number of hydrogen-bond donors (Lipinski definition) is 0. The van der Waals surface area contributed by atoms with E-state index in [1.165, 1.54) is 0 Å². The van der Waals surface area contributed by atoms with Gasteiger partial charge in [-0.3, -0.25) is 0 Å². The van der Waals surface area contributed by atoms with Crippen LogP contribution in [0.2, 0.25) is 22.2 Å². The van der Waals surface area contributed by atoms with E-state index in [4.69, 9.17) is 25.6 Å². The molecule has 0 aromatic rings. The van der Waals surface area contributed by atoms with E-state index in [-0.39, 0.29) is 23.6 Å². The van der Waals surface area contributed by atoms with Gasteiger partial charge in [-0.05, 0) is 22.2 Å². The molecular weight excluding hydrogens is 359 g/mol. The van der Waals surface area contributed by atoms with Gasteiger partial charge in [-0.25, -0.2) is 0 Å². The maximum atomic E-state index is 7.19. The summed E-state index contributed by atoms with van der Waals surface area (Å²) in [4.78, 5) is 0. The van der Waals surface area contributed by atoms with Crippen LogP contribution in [0.5, 0.6) is 0 Å². The van der Waals surface area contributed by atoms with Gasteiger partial charge in [0.2, 0.25) is 0 Å². The summed E-state index contributed by atoms with van der Waals surface area (Å²) in [5.74, 6) is 0. The molecule has 2 aliphatic heterocycles. The molecule has 2 saturated heterocycles. The molecule has 0 N–H and O–H groups in total. The molecule has 2 heterocycles. The predicted molar refractivity (Wildman–Crippen MR) is 112 cm³/mol. The lowest BCUT2D eigenvalue weighted by molar-refractivity contribution is -0.0302. The van der Waals surface area contributed by atoms with E-state index in [1.807, 2.05) is 0 Å². The summed E-state index contributed by atoms with van der Waals surface area (Å²) in [6, 6.07) is -0.348. The minimum Gasteiger partial charge on any atom is -0.414 e. The molecule has 3 atom stereocenters. The fraction of sp³-hybridized carbons (Fsp3) is 1.00. The molecule has 2 rings (SSSR count). The second-order valence-corrected chi connectivity index (χ2v) is 18.8. The highest BCUT2D eigenvalue weighted by atomic mass is 28.5. The number of hydrogen-bond acceptors (Lipinski definition) is 4. The van der Waals surface area contributed by atoms with Crippen LogP contribution in [0.25, 0.3) is 0 Å². The van der Waals surface area contributed by atoms with Crippen molar-refractivity contribution in [1.29, 1.82) is 0 Å². The predicted octanol–water partition coefficient (Wildman–Crippen LogP) is 4.86. The Kier molecular flexibility index (Phi) is 6.64. The molecule has 150 valence electrons. The van der Waals surface area contributed by atoms with E-state index in [0.717, 1.165) is 0 Å². The zero-order chi connectivity index (χ0) is 20.1. The third-order valence-electron chi connectivity index (χ3n) is 6.45. The van der Waals surface area contributed by atoms with Gasteiger partial charge in [-0.2, -0.15) is 0 Å². The van der Waals surface area contributed by atoms with Crippen LogP contribution in [0.4, 0.5) is 0 Å². The van der Waals surface area contributed by atoms with Crippen molar-refractivity contribution in [3.8, 4) is 0 Å². The van der Waals surface area contributed by atoms with E-state index < -0.39 is 17.1 Å². The van der Waals surface area contributed by atoms with Gasteiger partial charge in [0.15, 0.2) is 0 Å². The summed E-state index contributed by atoms with van der Waals surface area (Å²) in [5.41, 5.74) is 1.06. The highest BCUT2D eigenvalue weighted by Crippen LogP contribution is 2.50. The monoisotopic (exact) mass is 398 g/mol. The first-order valence-electron chi connectivity index (χ1n) is 10.2. The lowest BCUT2D eigenvalue weighted by Gasteiger charge is -2.52. The average Bonchev–Trinajstić information content (AvgIpc) is 2.68. The van der Waals surface area contributed by atoms with Gasteiger partial charge in [-0.1, -0.05) is 69.2 Å². The Morgan fingerprint density at radius 2 is 1.31 bits per heavy atom. The fourth-order valence-electron chi connectivity index (χ4n) is 4.55. The Bertz CT molecular complexity index is 480. The van der Waals surface area contributed by atoms with Crippen molar-refractivity contribution in [2.75, 3.05) is 6.61 Å². The van der Waals surface area contributed by atoms with Gasteiger partial charge in [-0.15, -0.1) is 0 Å². The van der Waals surface area contributed by atoms with Crippen LogP contribution >= 0.6 is 0 Å². The first kappa shape index (κ1) is 22.6. The van der Waals surface area contributed by atoms with Gasteiger partial charge in [0.05, 0.1) is 12.7 Å². The van der Waals surface area contributed by atoms with Crippen molar-refractivity contribution < 1.29 is 17.7 Å². The smallest absolute Gasteiger partial charge is 0.335 e. The van der Waals surface area contributed by atoms with Crippen LogP contribution in [0, 0.1) is 5.41 Å². The standard InChI is InChI=1S/C19H39BO4Si2/c1-12(2)25(13(3)4)21-11-16-17(19(9,10)18(20)22-16)23-26(24-25,14(5)6)15(7)8/h12-18H,11H2,1-10H3/t16-,17-,18-/m1/s1. The van der Waals surface area contributed by atoms with Crippen molar-refractivity contribution >= 4 is 25.0 Å². The molecule has 7 heteroatoms. The third kappa shape index (κ3) is 3.52. The Morgan fingerprint density at radius 1 is 0.846 bits per heavy atom. The van der Waals surface area contributed by atoms with Gasteiger partial charge in [0.25, 0.3) is 0 Å². The zero-order valence-corrected chi connectivity index (χ0v) is 20.5. The van der Waals surface area contributed by atoms with Crippen molar-refractivity contribution in [1.82, 2.24) is 0 Å². The minimum atomic E-state index is -2.58. The fourth-order valence-corrected chi connectivity index (χ4v) is 15.9. The Hall–Kier alpha value is 0.339. The highest BCUT2D eigenvalue weighted by Gasteiger charge is 2.62. The normalized spacial score (nSPS) is 33.5. The van der Waals surface area contributed by atoms with Crippen LogP contribution in [0.3, 0.4) is 0 Å².